The minimum Gasteiger partial charge on any atom is -0.466 e. The zero-order valence-electron chi connectivity index (χ0n) is 12.1. The molecule has 0 saturated heterocycles. The molecule has 0 aliphatic carbocycles. The molecule has 1 atom stereocenters. The van der Waals surface area contributed by atoms with E-state index < -0.39 is 0 Å². The SMILES string of the molecule is CCNC(CCc1ccccc1)c1cc(C)oc1C. The third-order valence-corrected chi connectivity index (χ3v) is 3.47. The number of furan rings is 1. The second kappa shape index (κ2) is 6.58. The summed E-state index contributed by atoms with van der Waals surface area (Å²) in [5, 5.41) is 3.56. The number of hydrogen-bond acceptors (Lipinski definition) is 2. The third kappa shape index (κ3) is 3.71. The van der Waals surface area contributed by atoms with Crippen LogP contribution in [0.1, 0.15) is 42.0 Å². The number of benzene rings is 1. The van der Waals surface area contributed by atoms with Crippen LogP contribution in [0.5, 0.6) is 0 Å². The standard InChI is InChI=1S/C17H23NO/c1-4-18-17(16-12-13(2)19-14(16)3)11-10-15-8-6-5-7-9-15/h5-9,12,17-18H,4,10-11H2,1-3H3. The first-order chi connectivity index (χ1) is 9.20. The van der Waals surface area contributed by atoms with E-state index in [4.69, 9.17) is 4.42 Å². The second-order valence-corrected chi connectivity index (χ2v) is 5.00. The van der Waals surface area contributed by atoms with Crippen LogP contribution in [-0.4, -0.2) is 6.54 Å². The van der Waals surface area contributed by atoms with E-state index in [1.54, 1.807) is 0 Å². The first kappa shape index (κ1) is 13.9. The molecule has 1 aromatic carbocycles. The predicted molar refractivity (Wildman–Crippen MR) is 79.4 cm³/mol. The van der Waals surface area contributed by atoms with Gasteiger partial charge in [0.25, 0.3) is 0 Å². The van der Waals surface area contributed by atoms with E-state index in [2.05, 4.69) is 55.6 Å². The Labute approximate surface area is 115 Å². The number of nitrogens with one attached hydrogen (secondary N) is 1. The molecule has 19 heavy (non-hydrogen) atoms. The van der Waals surface area contributed by atoms with Crippen molar-refractivity contribution in [1.82, 2.24) is 5.32 Å². The Kier molecular flexibility index (Phi) is 4.80. The van der Waals surface area contributed by atoms with Gasteiger partial charge in [0.1, 0.15) is 11.5 Å². The molecule has 0 fully saturated rings. The highest BCUT2D eigenvalue weighted by Crippen LogP contribution is 2.25. The van der Waals surface area contributed by atoms with Crippen LogP contribution in [-0.2, 0) is 6.42 Å². The molecule has 0 radical (unpaired) electrons. The Balaban J connectivity index is 2.06. The van der Waals surface area contributed by atoms with Crippen molar-refractivity contribution in [2.75, 3.05) is 6.54 Å². The van der Waals surface area contributed by atoms with Crippen molar-refractivity contribution in [3.63, 3.8) is 0 Å². The summed E-state index contributed by atoms with van der Waals surface area (Å²) in [7, 11) is 0. The molecule has 1 N–H and O–H groups in total. The van der Waals surface area contributed by atoms with Crippen LogP contribution in [0.25, 0.3) is 0 Å². The molecule has 0 amide bonds. The molecule has 1 heterocycles. The van der Waals surface area contributed by atoms with Crippen LogP contribution in [0, 0.1) is 13.8 Å². The van der Waals surface area contributed by atoms with Crippen molar-refractivity contribution in [2.45, 2.75) is 39.7 Å². The lowest BCUT2D eigenvalue weighted by Gasteiger charge is -2.17. The summed E-state index contributed by atoms with van der Waals surface area (Å²) in [6, 6.07) is 13.2. The maximum Gasteiger partial charge on any atom is 0.105 e. The second-order valence-electron chi connectivity index (χ2n) is 5.00. The Bertz CT molecular complexity index is 501. The van der Waals surface area contributed by atoms with Gasteiger partial charge in [0, 0.05) is 11.6 Å². The monoisotopic (exact) mass is 257 g/mol. The topological polar surface area (TPSA) is 25.2 Å². The van der Waals surface area contributed by atoms with Crippen molar-refractivity contribution in [3.05, 3.63) is 59.0 Å². The van der Waals surface area contributed by atoms with E-state index in [0.717, 1.165) is 30.9 Å². The average Bonchev–Trinajstić information content (AvgIpc) is 2.75. The largest absolute Gasteiger partial charge is 0.466 e. The van der Waals surface area contributed by atoms with Gasteiger partial charge in [-0.15, -0.1) is 0 Å². The minimum atomic E-state index is 0.377. The van der Waals surface area contributed by atoms with Gasteiger partial charge in [-0.3, -0.25) is 0 Å². The van der Waals surface area contributed by atoms with E-state index in [-0.39, 0.29) is 0 Å². The molecule has 0 aliphatic rings. The molecular weight excluding hydrogens is 234 g/mol. The lowest BCUT2D eigenvalue weighted by molar-refractivity contribution is 0.474. The molecule has 0 spiro atoms. The smallest absolute Gasteiger partial charge is 0.105 e. The minimum absolute atomic E-state index is 0.377. The summed E-state index contributed by atoms with van der Waals surface area (Å²) in [5.41, 5.74) is 2.69. The maximum atomic E-state index is 5.65. The Hall–Kier alpha value is -1.54. The predicted octanol–water partition coefficient (Wildman–Crippen LogP) is 4.18. The highest BCUT2D eigenvalue weighted by atomic mass is 16.3. The van der Waals surface area contributed by atoms with Gasteiger partial charge in [0.2, 0.25) is 0 Å². The fourth-order valence-electron chi connectivity index (χ4n) is 2.57. The van der Waals surface area contributed by atoms with Crippen molar-refractivity contribution >= 4 is 0 Å². The summed E-state index contributed by atoms with van der Waals surface area (Å²) >= 11 is 0. The average molecular weight is 257 g/mol. The maximum absolute atomic E-state index is 5.65. The highest BCUT2D eigenvalue weighted by Gasteiger charge is 2.16. The molecule has 1 unspecified atom stereocenters. The molecule has 2 heteroatoms. The van der Waals surface area contributed by atoms with Crippen LogP contribution in [0.2, 0.25) is 0 Å². The van der Waals surface area contributed by atoms with Crippen molar-refractivity contribution < 1.29 is 4.42 Å². The van der Waals surface area contributed by atoms with E-state index in [1.165, 1.54) is 11.1 Å². The molecule has 0 bridgehead atoms. The van der Waals surface area contributed by atoms with Gasteiger partial charge in [-0.25, -0.2) is 0 Å². The molecule has 102 valence electrons. The highest BCUT2D eigenvalue weighted by molar-refractivity contribution is 5.25. The Morgan fingerprint density at radius 3 is 2.47 bits per heavy atom. The van der Waals surface area contributed by atoms with Crippen LogP contribution >= 0.6 is 0 Å². The zero-order valence-corrected chi connectivity index (χ0v) is 12.1. The van der Waals surface area contributed by atoms with E-state index in [0.29, 0.717) is 6.04 Å². The quantitative estimate of drug-likeness (QED) is 0.839. The van der Waals surface area contributed by atoms with Crippen LogP contribution in [0.15, 0.2) is 40.8 Å². The van der Waals surface area contributed by atoms with Gasteiger partial charge in [0.15, 0.2) is 0 Å². The fraction of sp³-hybridized carbons (Fsp3) is 0.412. The van der Waals surface area contributed by atoms with Crippen molar-refractivity contribution in [3.8, 4) is 0 Å². The zero-order chi connectivity index (χ0) is 13.7. The lowest BCUT2D eigenvalue weighted by atomic mass is 9.99. The summed E-state index contributed by atoms with van der Waals surface area (Å²) in [6.45, 7) is 7.19. The fourth-order valence-corrected chi connectivity index (χ4v) is 2.57. The van der Waals surface area contributed by atoms with Crippen molar-refractivity contribution in [1.29, 1.82) is 0 Å². The van der Waals surface area contributed by atoms with Crippen LogP contribution < -0.4 is 5.32 Å². The summed E-state index contributed by atoms with van der Waals surface area (Å²) < 4.78 is 5.65. The number of hydrogen-bond donors (Lipinski definition) is 1. The van der Waals surface area contributed by atoms with Gasteiger partial charge in [0.05, 0.1) is 0 Å². The van der Waals surface area contributed by atoms with Gasteiger partial charge >= 0.3 is 0 Å². The first-order valence-corrected chi connectivity index (χ1v) is 7.05. The molecule has 0 saturated carbocycles. The summed E-state index contributed by atoms with van der Waals surface area (Å²) in [5.74, 6) is 2.03. The number of rotatable bonds is 6. The normalized spacial score (nSPS) is 12.6. The van der Waals surface area contributed by atoms with Crippen LogP contribution in [0.3, 0.4) is 0 Å². The molecule has 2 aromatic rings. The molecule has 0 aliphatic heterocycles. The van der Waals surface area contributed by atoms with E-state index in [1.807, 2.05) is 6.92 Å². The Morgan fingerprint density at radius 1 is 1.16 bits per heavy atom. The van der Waals surface area contributed by atoms with E-state index in [9.17, 15) is 0 Å². The Morgan fingerprint density at radius 2 is 1.89 bits per heavy atom. The number of aryl methyl sites for hydroxylation is 3. The van der Waals surface area contributed by atoms with Gasteiger partial charge < -0.3 is 9.73 Å². The summed E-state index contributed by atoms with van der Waals surface area (Å²) in [6.07, 6.45) is 2.18. The van der Waals surface area contributed by atoms with E-state index >= 15 is 0 Å². The third-order valence-electron chi connectivity index (χ3n) is 3.47. The van der Waals surface area contributed by atoms with Gasteiger partial charge in [-0.1, -0.05) is 37.3 Å². The van der Waals surface area contributed by atoms with Crippen molar-refractivity contribution in [2.24, 2.45) is 0 Å². The summed E-state index contributed by atoms with van der Waals surface area (Å²) in [4.78, 5) is 0. The molecule has 1 aromatic heterocycles. The first-order valence-electron chi connectivity index (χ1n) is 7.05. The molecule has 2 nitrogen and oxygen atoms in total. The van der Waals surface area contributed by atoms with Gasteiger partial charge in [-0.05, 0) is 44.9 Å². The molecular formula is C17H23NO. The molecule has 2 rings (SSSR count). The van der Waals surface area contributed by atoms with Gasteiger partial charge in [-0.2, -0.15) is 0 Å². The lowest BCUT2D eigenvalue weighted by Crippen LogP contribution is -2.21. The van der Waals surface area contributed by atoms with Crippen LogP contribution in [0.4, 0.5) is 0 Å².